The molecule has 66 valence electrons. The molecule has 1 aliphatic carbocycles. The molecule has 0 spiro atoms. The van der Waals surface area contributed by atoms with Crippen LogP contribution >= 0.6 is 0 Å². The van der Waals surface area contributed by atoms with Gasteiger partial charge in [-0.1, -0.05) is 18.2 Å². The van der Waals surface area contributed by atoms with Gasteiger partial charge in [-0.3, -0.25) is 0 Å². The van der Waals surface area contributed by atoms with Gasteiger partial charge in [0.05, 0.1) is 0 Å². The highest BCUT2D eigenvalue weighted by molar-refractivity contribution is 5.70. The molecule has 0 atom stereocenters. The van der Waals surface area contributed by atoms with E-state index in [2.05, 4.69) is 36.2 Å². The van der Waals surface area contributed by atoms with E-state index >= 15 is 0 Å². The molecule has 1 nitrogen and oxygen atoms in total. The van der Waals surface area contributed by atoms with E-state index in [1.807, 2.05) is 0 Å². The summed E-state index contributed by atoms with van der Waals surface area (Å²) in [6, 6.07) is 4.72. The van der Waals surface area contributed by atoms with Crippen LogP contribution in [0.4, 0.5) is 5.69 Å². The molecule has 0 radical (unpaired) electrons. The fourth-order valence-corrected chi connectivity index (χ4v) is 2.31. The minimum atomic E-state index is 1.13. The summed E-state index contributed by atoms with van der Waals surface area (Å²) in [5.74, 6) is 0. The van der Waals surface area contributed by atoms with Crippen LogP contribution in [0, 0.1) is 0 Å². The molecule has 0 saturated carbocycles. The molecular weight excluding hydrogens is 158 g/mol. The Bertz CT molecular complexity index is 390. The number of likely N-dealkylation sites (N-methyl/N-ethyl adjacent to an activating group) is 1. The predicted octanol–water partition coefficient (Wildman–Crippen LogP) is 2.25. The van der Waals surface area contributed by atoms with E-state index in [-0.39, 0.29) is 0 Å². The van der Waals surface area contributed by atoms with Crippen molar-refractivity contribution in [2.75, 3.05) is 18.5 Å². The molecule has 1 heteroatoms. The third-order valence-corrected chi connectivity index (χ3v) is 3.10. The van der Waals surface area contributed by atoms with Gasteiger partial charge < -0.3 is 4.90 Å². The van der Waals surface area contributed by atoms with Gasteiger partial charge in [0.2, 0.25) is 0 Å². The van der Waals surface area contributed by atoms with Crippen molar-refractivity contribution in [3.8, 4) is 0 Å². The van der Waals surface area contributed by atoms with E-state index in [4.69, 9.17) is 0 Å². The van der Waals surface area contributed by atoms with Gasteiger partial charge in [-0.25, -0.2) is 0 Å². The lowest BCUT2D eigenvalue weighted by Crippen LogP contribution is -2.12. The summed E-state index contributed by atoms with van der Waals surface area (Å²) < 4.78 is 0. The smallest absolute Gasteiger partial charge is 0.0403 e. The molecule has 2 aliphatic rings. The summed E-state index contributed by atoms with van der Waals surface area (Å²) in [6.45, 7) is 1.18. The van der Waals surface area contributed by atoms with Gasteiger partial charge in [-0.05, 0) is 35.6 Å². The van der Waals surface area contributed by atoms with Crippen LogP contribution in [0.3, 0.4) is 0 Å². The summed E-state index contributed by atoms with van der Waals surface area (Å²) >= 11 is 0. The maximum Gasteiger partial charge on any atom is 0.0403 e. The Hall–Kier alpha value is -1.24. The number of rotatable bonds is 0. The van der Waals surface area contributed by atoms with Crippen molar-refractivity contribution < 1.29 is 0 Å². The molecule has 0 amide bonds. The van der Waals surface area contributed by atoms with Gasteiger partial charge in [0.15, 0.2) is 0 Å². The van der Waals surface area contributed by atoms with E-state index in [1.54, 1.807) is 0 Å². The molecule has 13 heavy (non-hydrogen) atoms. The molecule has 3 rings (SSSR count). The lowest BCUT2D eigenvalue weighted by Gasteiger charge is -2.12. The van der Waals surface area contributed by atoms with Crippen molar-refractivity contribution in [2.24, 2.45) is 0 Å². The second-order valence-corrected chi connectivity index (χ2v) is 3.96. The van der Waals surface area contributed by atoms with Crippen LogP contribution in [-0.2, 0) is 12.8 Å². The van der Waals surface area contributed by atoms with E-state index in [0.29, 0.717) is 0 Å². The number of hydrogen-bond acceptors (Lipinski definition) is 1. The molecule has 1 aliphatic heterocycles. The topological polar surface area (TPSA) is 3.24 Å². The predicted molar refractivity (Wildman–Crippen MR) is 56.2 cm³/mol. The third kappa shape index (κ3) is 0.932. The third-order valence-electron chi connectivity index (χ3n) is 3.10. The average molecular weight is 171 g/mol. The van der Waals surface area contributed by atoms with Gasteiger partial charge in [-0.2, -0.15) is 0 Å². The van der Waals surface area contributed by atoms with Crippen molar-refractivity contribution >= 4 is 11.8 Å². The standard InChI is InChI=1S/C12H13N/c1-13-6-5-11-7-9-3-2-4-10(9)8-12(11)13/h2,4,7-8H,3,5-6H2,1H3. The largest absolute Gasteiger partial charge is 0.374 e. The quantitative estimate of drug-likeness (QED) is 0.578. The summed E-state index contributed by atoms with van der Waals surface area (Å²) in [7, 11) is 2.18. The zero-order chi connectivity index (χ0) is 8.84. The molecule has 0 fully saturated rings. The zero-order valence-corrected chi connectivity index (χ0v) is 7.88. The SMILES string of the molecule is CN1CCc2cc3c(cc21)C=CC3. The number of fused-ring (bicyclic) bond motifs is 2. The van der Waals surface area contributed by atoms with Gasteiger partial charge in [0.1, 0.15) is 0 Å². The van der Waals surface area contributed by atoms with Crippen LogP contribution in [0.2, 0.25) is 0 Å². The van der Waals surface area contributed by atoms with Gasteiger partial charge in [0, 0.05) is 19.3 Å². The maximum atomic E-state index is 2.38. The first-order chi connectivity index (χ1) is 6.34. The highest BCUT2D eigenvalue weighted by Crippen LogP contribution is 2.32. The minimum absolute atomic E-state index is 1.13. The molecular formula is C12H13N. The highest BCUT2D eigenvalue weighted by Gasteiger charge is 2.18. The van der Waals surface area contributed by atoms with Gasteiger partial charge >= 0.3 is 0 Å². The Labute approximate surface area is 78.7 Å². The Kier molecular flexibility index (Phi) is 1.32. The van der Waals surface area contributed by atoms with Crippen molar-refractivity contribution in [2.45, 2.75) is 12.8 Å². The summed E-state index contributed by atoms with van der Waals surface area (Å²) in [5, 5.41) is 0. The van der Waals surface area contributed by atoms with Crippen LogP contribution in [0.5, 0.6) is 0 Å². The Balaban J connectivity index is 2.20. The lowest BCUT2D eigenvalue weighted by atomic mass is 10.0. The molecule has 1 heterocycles. The van der Waals surface area contributed by atoms with Gasteiger partial charge in [-0.15, -0.1) is 0 Å². The monoisotopic (exact) mass is 171 g/mol. The van der Waals surface area contributed by atoms with Crippen LogP contribution < -0.4 is 4.90 Å². The van der Waals surface area contributed by atoms with E-state index in [9.17, 15) is 0 Å². The summed E-state index contributed by atoms with van der Waals surface area (Å²) in [4.78, 5) is 2.35. The summed E-state index contributed by atoms with van der Waals surface area (Å²) in [5.41, 5.74) is 5.90. The van der Waals surface area contributed by atoms with Crippen LogP contribution in [-0.4, -0.2) is 13.6 Å². The number of allylic oxidation sites excluding steroid dienone is 1. The first-order valence-electron chi connectivity index (χ1n) is 4.88. The second kappa shape index (κ2) is 2.38. The van der Waals surface area contributed by atoms with E-state index in [1.165, 1.54) is 35.3 Å². The average Bonchev–Trinajstić information content (AvgIpc) is 2.70. The van der Waals surface area contributed by atoms with E-state index < -0.39 is 0 Å². The van der Waals surface area contributed by atoms with Crippen LogP contribution in [0.15, 0.2) is 18.2 Å². The Morgan fingerprint density at radius 1 is 1.23 bits per heavy atom. The lowest BCUT2D eigenvalue weighted by molar-refractivity contribution is 0.956. The van der Waals surface area contributed by atoms with Crippen molar-refractivity contribution in [1.29, 1.82) is 0 Å². The Morgan fingerprint density at radius 2 is 2.15 bits per heavy atom. The second-order valence-electron chi connectivity index (χ2n) is 3.96. The number of hydrogen-bond donors (Lipinski definition) is 0. The maximum absolute atomic E-state index is 2.38. The molecule has 1 aromatic rings. The van der Waals surface area contributed by atoms with Gasteiger partial charge in [0.25, 0.3) is 0 Å². The molecule has 1 aromatic carbocycles. The van der Waals surface area contributed by atoms with Crippen LogP contribution in [0.25, 0.3) is 6.08 Å². The van der Waals surface area contributed by atoms with Crippen molar-refractivity contribution in [1.82, 2.24) is 0 Å². The molecule has 0 bridgehead atoms. The first-order valence-corrected chi connectivity index (χ1v) is 4.88. The van der Waals surface area contributed by atoms with E-state index in [0.717, 1.165) is 6.42 Å². The number of benzene rings is 1. The molecule has 0 N–H and O–H groups in total. The number of anilines is 1. The zero-order valence-electron chi connectivity index (χ0n) is 7.88. The molecule has 0 saturated heterocycles. The van der Waals surface area contributed by atoms with Crippen molar-refractivity contribution in [3.05, 3.63) is 34.9 Å². The minimum Gasteiger partial charge on any atom is -0.374 e. The molecule has 0 unspecified atom stereocenters. The normalized spacial score (nSPS) is 17.8. The van der Waals surface area contributed by atoms with Crippen molar-refractivity contribution in [3.63, 3.8) is 0 Å². The fraction of sp³-hybridized carbons (Fsp3) is 0.333. The Morgan fingerprint density at radius 3 is 3.08 bits per heavy atom. The molecule has 0 aromatic heterocycles. The van der Waals surface area contributed by atoms with Crippen LogP contribution in [0.1, 0.15) is 16.7 Å². The summed E-state index contributed by atoms with van der Waals surface area (Å²) in [6.07, 6.45) is 6.84. The first kappa shape index (κ1) is 7.19. The fourth-order valence-electron chi connectivity index (χ4n) is 2.31. The highest BCUT2D eigenvalue weighted by atomic mass is 15.1. The number of nitrogens with zero attached hydrogens (tertiary/aromatic N) is 1.